The van der Waals surface area contributed by atoms with Gasteiger partial charge in [-0.3, -0.25) is 0 Å². The predicted molar refractivity (Wildman–Crippen MR) is 92.7 cm³/mol. The van der Waals surface area contributed by atoms with Gasteiger partial charge in [-0.05, 0) is 35.2 Å². The molecule has 0 spiro atoms. The van der Waals surface area contributed by atoms with E-state index in [1.54, 1.807) is 6.07 Å². The summed E-state index contributed by atoms with van der Waals surface area (Å²) in [5, 5.41) is 10.1. The molecule has 0 unspecified atom stereocenters. The molecule has 0 fully saturated rings. The number of allylic oxidation sites excluding steroid dienone is 1. The third-order valence-corrected chi connectivity index (χ3v) is 3.61. The Kier molecular flexibility index (Phi) is 4.35. The summed E-state index contributed by atoms with van der Waals surface area (Å²) in [6.45, 7) is 0. The van der Waals surface area contributed by atoms with Crippen LogP contribution < -0.4 is 0 Å². The first-order valence-electron chi connectivity index (χ1n) is 7.42. The summed E-state index contributed by atoms with van der Waals surface area (Å²) in [6, 6.07) is 26.0. The molecule has 0 aromatic heterocycles. The third-order valence-electron chi connectivity index (χ3n) is 3.61. The van der Waals surface area contributed by atoms with Gasteiger partial charge >= 0.3 is 0 Å². The lowest BCUT2D eigenvalue weighted by Gasteiger charge is -2.07. The monoisotopic (exact) mass is 286 g/mol. The second-order valence-electron chi connectivity index (χ2n) is 5.23. The topological polar surface area (TPSA) is 20.2 Å². The number of phenolic OH excluding ortho intramolecular Hbond substituents is 1. The van der Waals surface area contributed by atoms with E-state index in [0.717, 1.165) is 17.5 Å². The minimum absolute atomic E-state index is 0.321. The lowest BCUT2D eigenvalue weighted by Crippen LogP contribution is -1.85. The molecule has 1 nitrogen and oxygen atoms in total. The molecule has 0 saturated heterocycles. The summed E-state index contributed by atoms with van der Waals surface area (Å²) in [4.78, 5) is 0. The van der Waals surface area contributed by atoms with Gasteiger partial charge in [0.1, 0.15) is 5.75 Å². The molecule has 0 bridgehead atoms. The standard InChI is InChI=1S/C21H18O/c22-21-15-14-18(11-7-10-17-8-3-1-4-9-17)16-20(21)19-12-5-2-6-13-19/h1-10,12-16,22H,11H2/b10-7+. The van der Waals surface area contributed by atoms with Crippen molar-refractivity contribution in [2.45, 2.75) is 6.42 Å². The van der Waals surface area contributed by atoms with Crippen molar-refractivity contribution in [2.75, 3.05) is 0 Å². The zero-order valence-corrected chi connectivity index (χ0v) is 12.3. The van der Waals surface area contributed by atoms with E-state index in [-0.39, 0.29) is 0 Å². The molecule has 22 heavy (non-hydrogen) atoms. The lowest BCUT2D eigenvalue weighted by molar-refractivity contribution is 0.477. The summed E-state index contributed by atoms with van der Waals surface area (Å²) in [7, 11) is 0. The Labute approximate surface area is 131 Å². The van der Waals surface area contributed by atoms with E-state index in [1.165, 1.54) is 11.1 Å². The van der Waals surface area contributed by atoms with Gasteiger partial charge in [-0.2, -0.15) is 0 Å². The summed E-state index contributed by atoms with van der Waals surface area (Å²) in [5.74, 6) is 0.321. The maximum absolute atomic E-state index is 10.1. The maximum atomic E-state index is 10.1. The van der Waals surface area contributed by atoms with Crippen molar-refractivity contribution in [1.29, 1.82) is 0 Å². The van der Waals surface area contributed by atoms with Crippen LogP contribution in [0, 0.1) is 0 Å². The van der Waals surface area contributed by atoms with Gasteiger partial charge in [0.05, 0.1) is 0 Å². The highest BCUT2D eigenvalue weighted by molar-refractivity contribution is 5.70. The summed E-state index contributed by atoms with van der Waals surface area (Å²) >= 11 is 0. The fourth-order valence-corrected chi connectivity index (χ4v) is 2.45. The second kappa shape index (κ2) is 6.77. The predicted octanol–water partition coefficient (Wildman–Crippen LogP) is 5.32. The van der Waals surface area contributed by atoms with Gasteiger partial charge < -0.3 is 5.11 Å². The quantitative estimate of drug-likeness (QED) is 0.688. The zero-order valence-electron chi connectivity index (χ0n) is 12.3. The van der Waals surface area contributed by atoms with Gasteiger partial charge in [-0.25, -0.2) is 0 Å². The Balaban J connectivity index is 1.80. The molecule has 3 aromatic rings. The summed E-state index contributed by atoms with van der Waals surface area (Å²) in [5.41, 5.74) is 4.30. The SMILES string of the molecule is Oc1ccc(C/C=C/c2ccccc2)cc1-c1ccccc1. The van der Waals surface area contributed by atoms with Crippen LogP contribution in [0.1, 0.15) is 11.1 Å². The van der Waals surface area contributed by atoms with Crippen molar-refractivity contribution in [3.63, 3.8) is 0 Å². The normalized spacial score (nSPS) is 10.9. The molecule has 0 radical (unpaired) electrons. The fourth-order valence-electron chi connectivity index (χ4n) is 2.45. The number of hydrogen-bond donors (Lipinski definition) is 1. The Hall–Kier alpha value is -2.80. The minimum Gasteiger partial charge on any atom is -0.507 e. The Bertz CT molecular complexity index is 758. The molecule has 3 rings (SSSR count). The van der Waals surface area contributed by atoms with E-state index in [9.17, 15) is 5.11 Å². The van der Waals surface area contributed by atoms with Crippen LogP contribution in [0.2, 0.25) is 0 Å². The van der Waals surface area contributed by atoms with Crippen molar-refractivity contribution in [2.24, 2.45) is 0 Å². The fraction of sp³-hybridized carbons (Fsp3) is 0.0476. The van der Waals surface area contributed by atoms with E-state index >= 15 is 0 Å². The van der Waals surface area contributed by atoms with Gasteiger partial charge in [0, 0.05) is 5.56 Å². The van der Waals surface area contributed by atoms with E-state index in [4.69, 9.17) is 0 Å². The zero-order chi connectivity index (χ0) is 15.2. The first-order chi connectivity index (χ1) is 10.8. The lowest BCUT2D eigenvalue weighted by atomic mass is 10.0. The molecule has 108 valence electrons. The van der Waals surface area contributed by atoms with Crippen LogP contribution in [0.4, 0.5) is 0 Å². The van der Waals surface area contributed by atoms with Gasteiger partial charge in [0.15, 0.2) is 0 Å². The molecule has 0 atom stereocenters. The minimum atomic E-state index is 0.321. The molecule has 0 aliphatic carbocycles. The van der Waals surface area contributed by atoms with E-state index < -0.39 is 0 Å². The molecule has 3 aromatic carbocycles. The second-order valence-corrected chi connectivity index (χ2v) is 5.23. The van der Waals surface area contributed by atoms with Gasteiger partial charge in [-0.1, -0.05) is 78.9 Å². The smallest absolute Gasteiger partial charge is 0.123 e. The highest BCUT2D eigenvalue weighted by Crippen LogP contribution is 2.30. The van der Waals surface area contributed by atoms with Crippen LogP contribution in [0.5, 0.6) is 5.75 Å². The number of benzene rings is 3. The molecule has 1 N–H and O–H groups in total. The van der Waals surface area contributed by atoms with Crippen LogP contribution in [-0.2, 0) is 6.42 Å². The van der Waals surface area contributed by atoms with Crippen LogP contribution in [0.15, 0.2) is 84.9 Å². The van der Waals surface area contributed by atoms with Crippen molar-refractivity contribution < 1.29 is 5.11 Å². The van der Waals surface area contributed by atoms with Gasteiger partial charge in [-0.15, -0.1) is 0 Å². The molecule has 0 saturated carbocycles. The highest BCUT2D eigenvalue weighted by Gasteiger charge is 2.04. The van der Waals surface area contributed by atoms with Crippen molar-refractivity contribution in [3.8, 4) is 16.9 Å². The molecule has 0 aliphatic heterocycles. The maximum Gasteiger partial charge on any atom is 0.123 e. The molecule has 1 heteroatoms. The Morgan fingerprint density at radius 2 is 1.45 bits per heavy atom. The first kappa shape index (κ1) is 14.2. The molecule has 0 aliphatic rings. The number of phenols is 1. The largest absolute Gasteiger partial charge is 0.507 e. The van der Waals surface area contributed by atoms with E-state index in [0.29, 0.717) is 5.75 Å². The molecule has 0 amide bonds. The summed E-state index contributed by atoms with van der Waals surface area (Å²) in [6.07, 6.45) is 5.11. The van der Waals surface area contributed by atoms with Crippen molar-refractivity contribution in [3.05, 3.63) is 96.1 Å². The third kappa shape index (κ3) is 3.44. The molecule has 0 heterocycles. The van der Waals surface area contributed by atoms with Crippen LogP contribution >= 0.6 is 0 Å². The Morgan fingerprint density at radius 3 is 2.18 bits per heavy atom. The van der Waals surface area contributed by atoms with Crippen molar-refractivity contribution >= 4 is 6.08 Å². The first-order valence-corrected chi connectivity index (χ1v) is 7.42. The van der Waals surface area contributed by atoms with Crippen molar-refractivity contribution in [1.82, 2.24) is 0 Å². The average Bonchev–Trinajstić information content (AvgIpc) is 2.58. The number of aromatic hydroxyl groups is 1. The van der Waals surface area contributed by atoms with Gasteiger partial charge in [0.2, 0.25) is 0 Å². The Morgan fingerprint density at radius 1 is 0.773 bits per heavy atom. The molecular weight excluding hydrogens is 268 g/mol. The average molecular weight is 286 g/mol. The number of rotatable bonds is 4. The highest BCUT2D eigenvalue weighted by atomic mass is 16.3. The van der Waals surface area contributed by atoms with Crippen LogP contribution in [0.25, 0.3) is 17.2 Å². The summed E-state index contributed by atoms with van der Waals surface area (Å²) < 4.78 is 0. The van der Waals surface area contributed by atoms with E-state index in [1.807, 2.05) is 54.6 Å². The molecular formula is C21H18O. The van der Waals surface area contributed by atoms with Crippen LogP contribution in [0.3, 0.4) is 0 Å². The van der Waals surface area contributed by atoms with E-state index in [2.05, 4.69) is 30.4 Å². The van der Waals surface area contributed by atoms with Gasteiger partial charge in [0.25, 0.3) is 0 Å². The number of hydrogen-bond acceptors (Lipinski definition) is 1. The van der Waals surface area contributed by atoms with Crippen LogP contribution in [-0.4, -0.2) is 5.11 Å².